The summed E-state index contributed by atoms with van der Waals surface area (Å²) in [6.07, 6.45) is 0.259. The molecular weight excluding hydrogens is 316 g/mol. The molecule has 0 heterocycles. The van der Waals surface area contributed by atoms with Gasteiger partial charge in [-0.15, -0.1) is 0 Å². The van der Waals surface area contributed by atoms with Crippen LogP contribution in [0.5, 0.6) is 5.75 Å². The molecular formula is C20H24N2O3. The Hall–Kier alpha value is -2.82. The number of rotatable bonds is 7. The molecule has 0 spiro atoms. The first kappa shape index (κ1) is 18.5. The molecule has 132 valence electrons. The lowest BCUT2D eigenvalue weighted by Gasteiger charge is -2.18. The molecule has 0 saturated heterocycles. The quantitative estimate of drug-likeness (QED) is 0.814. The molecule has 5 nitrogen and oxygen atoms in total. The summed E-state index contributed by atoms with van der Waals surface area (Å²) in [7, 11) is 1.60. The van der Waals surface area contributed by atoms with Crippen LogP contribution in [-0.4, -0.2) is 25.5 Å². The van der Waals surface area contributed by atoms with Crippen LogP contribution in [0.3, 0.4) is 0 Å². The van der Waals surface area contributed by atoms with Gasteiger partial charge < -0.3 is 15.4 Å². The summed E-state index contributed by atoms with van der Waals surface area (Å²) in [5.41, 5.74) is 2.91. The minimum Gasteiger partial charge on any atom is -0.496 e. The molecule has 25 heavy (non-hydrogen) atoms. The standard InChI is InChI=1S/C20H24N2O3/c1-14-9-10-18(25-3)17(11-14)15(2)22-20(24)13-21-19(23)12-16-7-5-4-6-8-16/h4-11,15H,12-13H2,1-3H3,(H,21,23)(H,22,24). The van der Waals surface area contributed by atoms with Gasteiger partial charge in [-0.25, -0.2) is 0 Å². The second kappa shape index (κ2) is 8.87. The van der Waals surface area contributed by atoms with Gasteiger partial charge in [0, 0.05) is 5.56 Å². The summed E-state index contributed by atoms with van der Waals surface area (Å²) in [6, 6.07) is 15.0. The average Bonchev–Trinajstić information content (AvgIpc) is 2.60. The predicted molar refractivity (Wildman–Crippen MR) is 97.4 cm³/mol. The Morgan fingerprint density at radius 1 is 1.08 bits per heavy atom. The Morgan fingerprint density at radius 2 is 1.80 bits per heavy atom. The number of benzene rings is 2. The summed E-state index contributed by atoms with van der Waals surface area (Å²) in [5, 5.41) is 5.53. The van der Waals surface area contributed by atoms with E-state index in [0.29, 0.717) is 0 Å². The predicted octanol–water partition coefficient (Wildman–Crippen LogP) is 2.54. The number of amides is 2. The first-order valence-electron chi connectivity index (χ1n) is 8.24. The van der Waals surface area contributed by atoms with Crippen LogP contribution in [0.2, 0.25) is 0 Å². The Morgan fingerprint density at radius 3 is 2.48 bits per heavy atom. The summed E-state index contributed by atoms with van der Waals surface area (Å²) in [6.45, 7) is 3.83. The molecule has 0 bridgehead atoms. The van der Waals surface area contributed by atoms with E-state index in [1.807, 2.05) is 62.4 Å². The maximum absolute atomic E-state index is 12.1. The maximum atomic E-state index is 12.1. The molecule has 1 atom stereocenters. The van der Waals surface area contributed by atoms with E-state index in [1.165, 1.54) is 0 Å². The molecule has 0 fully saturated rings. The molecule has 5 heteroatoms. The second-order valence-corrected chi connectivity index (χ2v) is 5.97. The molecule has 1 unspecified atom stereocenters. The van der Waals surface area contributed by atoms with Crippen molar-refractivity contribution in [2.24, 2.45) is 0 Å². The van der Waals surface area contributed by atoms with Crippen molar-refractivity contribution in [2.45, 2.75) is 26.3 Å². The van der Waals surface area contributed by atoms with E-state index in [1.54, 1.807) is 7.11 Å². The summed E-state index contributed by atoms with van der Waals surface area (Å²) >= 11 is 0. The highest BCUT2D eigenvalue weighted by molar-refractivity contribution is 5.85. The molecule has 0 aliphatic rings. The normalized spacial score (nSPS) is 11.5. The first-order chi connectivity index (χ1) is 12.0. The zero-order valence-corrected chi connectivity index (χ0v) is 14.8. The van der Waals surface area contributed by atoms with E-state index in [9.17, 15) is 9.59 Å². The first-order valence-corrected chi connectivity index (χ1v) is 8.24. The van der Waals surface area contributed by atoms with Crippen molar-refractivity contribution in [3.8, 4) is 5.75 Å². The number of hydrogen-bond donors (Lipinski definition) is 2. The smallest absolute Gasteiger partial charge is 0.239 e. The van der Waals surface area contributed by atoms with Crippen LogP contribution >= 0.6 is 0 Å². The molecule has 2 rings (SSSR count). The van der Waals surface area contributed by atoms with Crippen LogP contribution in [0.15, 0.2) is 48.5 Å². The minimum atomic E-state index is -0.238. The highest BCUT2D eigenvalue weighted by Gasteiger charge is 2.15. The van der Waals surface area contributed by atoms with Gasteiger partial charge in [0.2, 0.25) is 11.8 Å². The minimum absolute atomic E-state index is 0.0515. The van der Waals surface area contributed by atoms with Crippen molar-refractivity contribution >= 4 is 11.8 Å². The van der Waals surface area contributed by atoms with Crippen molar-refractivity contribution in [3.63, 3.8) is 0 Å². The zero-order valence-electron chi connectivity index (χ0n) is 14.8. The van der Waals surface area contributed by atoms with Gasteiger partial charge in [-0.1, -0.05) is 48.0 Å². The fraction of sp³-hybridized carbons (Fsp3) is 0.300. The number of ether oxygens (including phenoxy) is 1. The number of aryl methyl sites for hydroxylation is 1. The van der Waals surface area contributed by atoms with E-state index in [2.05, 4.69) is 10.6 Å². The number of nitrogens with one attached hydrogen (secondary N) is 2. The van der Waals surface area contributed by atoms with Crippen LogP contribution in [0.4, 0.5) is 0 Å². The van der Waals surface area contributed by atoms with Crippen molar-refractivity contribution in [1.82, 2.24) is 10.6 Å². The maximum Gasteiger partial charge on any atom is 0.239 e. The number of methoxy groups -OCH3 is 1. The van der Waals surface area contributed by atoms with Crippen LogP contribution in [-0.2, 0) is 16.0 Å². The van der Waals surface area contributed by atoms with Gasteiger partial charge in [0.25, 0.3) is 0 Å². The second-order valence-electron chi connectivity index (χ2n) is 5.97. The van der Waals surface area contributed by atoms with E-state index in [4.69, 9.17) is 4.74 Å². The molecule has 2 N–H and O–H groups in total. The molecule has 0 saturated carbocycles. The highest BCUT2D eigenvalue weighted by Crippen LogP contribution is 2.25. The average molecular weight is 340 g/mol. The van der Waals surface area contributed by atoms with E-state index in [0.717, 1.165) is 22.4 Å². The van der Waals surface area contributed by atoms with E-state index in [-0.39, 0.29) is 30.8 Å². The van der Waals surface area contributed by atoms with Crippen molar-refractivity contribution in [2.75, 3.05) is 13.7 Å². The largest absolute Gasteiger partial charge is 0.496 e. The Kier molecular flexibility index (Phi) is 6.57. The number of carbonyl (C=O) groups is 2. The van der Waals surface area contributed by atoms with Crippen LogP contribution in [0, 0.1) is 6.92 Å². The van der Waals surface area contributed by atoms with Gasteiger partial charge in [0.15, 0.2) is 0 Å². The third-order valence-corrected chi connectivity index (χ3v) is 3.88. The van der Waals surface area contributed by atoms with Crippen molar-refractivity contribution in [3.05, 3.63) is 65.2 Å². The third kappa shape index (κ3) is 5.64. The SMILES string of the molecule is COc1ccc(C)cc1C(C)NC(=O)CNC(=O)Cc1ccccc1. The van der Waals surface area contributed by atoms with E-state index < -0.39 is 0 Å². The van der Waals surface area contributed by atoms with Gasteiger partial charge in [0.05, 0.1) is 26.1 Å². The van der Waals surface area contributed by atoms with Crippen molar-refractivity contribution < 1.29 is 14.3 Å². The highest BCUT2D eigenvalue weighted by atomic mass is 16.5. The Balaban J connectivity index is 1.85. The monoisotopic (exact) mass is 340 g/mol. The summed E-state index contributed by atoms with van der Waals surface area (Å²) in [4.78, 5) is 24.0. The molecule has 2 amide bonds. The van der Waals surface area contributed by atoms with Crippen LogP contribution in [0.25, 0.3) is 0 Å². The van der Waals surface area contributed by atoms with Gasteiger partial charge in [-0.2, -0.15) is 0 Å². The summed E-state index contributed by atoms with van der Waals surface area (Å²) in [5.74, 6) is 0.311. The fourth-order valence-corrected chi connectivity index (χ4v) is 2.59. The Bertz CT molecular complexity index is 729. The van der Waals surface area contributed by atoms with Gasteiger partial charge in [-0.05, 0) is 25.5 Å². The zero-order chi connectivity index (χ0) is 18.2. The van der Waals surface area contributed by atoms with Crippen molar-refractivity contribution in [1.29, 1.82) is 0 Å². The van der Waals surface area contributed by atoms with Gasteiger partial charge in [0.1, 0.15) is 5.75 Å². The number of carbonyl (C=O) groups excluding carboxylic acids is 2. The summed E-state index contributed by atoms with van der Waals surface area (Å²) < 4.78 is 5.35. The lowest BCUT2D eigenvalue weighted by molar-refractivity contribution is -0.126. The third-order valence-electron chi connectivity index (χ3n) is 3.88. The van der Waals surface area contributed by atoms with Crippen LogP contribution < -0.4 is 15.4 Å². The fourth-order valence-electron chi connectivity index (χ4n) is 2.59. The molecule has 0 radical (unpaired) electrons. The topological polar surface area (TPSA) is 67.4 Å². The Labute approximate surface area is 148 Å². The lowest BCUT2D eigenvalue weighted by atomic mass is 10.0. The molecule has 0 aliphatic heterocycles. The van der Waals surface area contributed by atoms with Gasteiger partial charge >= 0.3 is 0 Å². The number of hydrogen-bond acceptors (Lipinski definition) is 3. The molecule has 2 aromatic carbocycles. The van der Waals surface area contributed by atoms with Crippen LogP contribution in [0.1, 0.15) is 29.7 Å². The van der Waals surface area contributed by atoms with Gasteiger partial charge in [-0.3, -0.25) is 9.59 Å². The van der Waals surface area contributed by atoms with E-state index >= 15 is 0 Å². The molecule has 2 aromatic rings. The molecule has 0 aliphatic carbocycles. The molecule has 0 aromatic heterocycles. The lowest BCUT2D eigenvalue weighted by Crippen LogP contribution is -2.38.